The van der Waals surface area contributed by atoms with Crippen LogP contribution in [0.2, 0.25) is 0 Å². The molecule has 0 bridgehead atoms. The lowest BCUT2D eigenvalue weighted by Crippen LogP contribution is -2.34. The average Bonchev–Trinajstić information content (AvgIpc) is 3.31. The van der Waals surface area contributed by atoms with Crippen molar-refractivity contribution in [2.45, 2.75) is 38.6 Å². The van der Waals surface area contributed by atoms with Crippen molar-refractivity contribution in [3.8, 4) is 0 Å². The Kier molecular flexibility index (Phi) is 4.77. The van der Waals surface area contributed by atoms with Crippen LogP contribution in [0, 0.1) is 10.1 Å². The molecule has 1 saturated carbocycles. The summed E-state index contributed by atoms with van der Waals surface area (Å²) in [6.45, 7) is 2.74. The van der Waals surface area contributed by atoms with Gasteiger partial charge in [-0.2, -0.15) is 0 Å². The molecule has 1 aliphatic rings. The fraction of sp³-hybridized carbons (Fsp3) is 0.533. The maximum absolute atomic E-state index is 12.7. The van der Waals surface area contributed by atoms with E-state index in [0.29, 0.717) is 12.2 Å². The van der Waals surface area contributed by atoms with E-state index >= 15 is 0 Å². The predicted octanol–water partition coefficient (Wildman–Crippen LogP) is 3.04. The molecular formula is C15H21N3O3. The molecule has 0 aliphatic heterocycles. The molecule has 1 aromatic rings. The second kappa shape index (κ2) is 6.56. The van der Waals surface area contributed by atoms with Crippen molar-refractivity contribution >= 4 is 17.3 Å². The van der Waals surface area contributed by atoms with Gasteiger partial charge in [-0.25, -0.2) is 0 Å². The molecule has 114 valence electrons. The zero-order chi connectivity index (χ0) is 15.4. The molecule has 0 unspecified atom stereocenters. The third kappa shape index (κ3) is 3.51. The Morgan fingerprint density at radius 3 is 2.71 bits per heavy atom. The third-order valence-corrected chi connectivity index (χ3v) is 3.71. The molecule has 2 rings (SSSR count). The fourth-order valence-electron chi connectivity index (χ4n) is 2.34. The molecule has 0 saturated heterocycles. The molecule has 1 fully saturated rings. The summed E-state index contributed by atoms with van der Waals surface area (Å²) in [5.41, 5.74) is 0.756. The summed E-state index contributed by atoms with van der Waals surface area (Å²) in [6, 6.07) is 4.83. The number of unbranched alkanes of at least 4 members (excludes halogenated alkanes) is 1. The summed E-state index contributed by atoms with van der Waals surface area (Å²) in [5.74, 6) is -0.227. The number of nitrogens with zero attached hydrogens (tertiary/aromatic N) is 2. The van der Waals surface area contributed by atoms with E-state index in [0.717, 1.165) is 25.7 Å². The molecule has 0 atom stereocenters. The fourth-order valence-corrected chi connectivity index (χ4v) is 2.34. The number of nitro groups is 1. The normalized spacial score (nSPS) is 13.8. The van der Waals surface area contributed by atoms with Crippen LogP contribution < -0.4 is 5.32 Å². The molecule has 0 spiro atoms. The van der Waals surface area contributed by atoms with Gasteiger partial charge in [0.2, 0.25) is 0 Å². The average molecular weight is 291 g/mol. The first kappa shape index (κ1) is 15.3. The Bertz CT molecular complexity index is 541. The molecule has 21 heavy (non-hydrogen) atoms. The highest BCUT2D eigenvalue weighted by Gasteiger charge is 2.35. The molecule has 1 aromatic carbocycles. The minimum atomic E-state index is -0.489. The highest BCUT2D eigenvalue weighted by atomic mass is 16.6. The number of carbonyl (C=O) groups is 1. The van der Waals surface area contributed by atoms with Gasteiger partial charge in [0.1, 0.15) is 5.56 Å². The van der Waals surface area contributed by atoms with E-state index in [1.54, 1.807) is 24.1 Å². The number of anilines is 1. The molecule has 1 N–H and O–H groups in total. The van der Waals surface area contributed by atoms with E-state index in [9.17, 15) is 14.9 Å². The number of carbonyl (C=O) groups excluding carboxylic acids is 1. The molecule has 1 aliphatic carbocycles. The molecule has 0 heterocycles. The quantitative estimate of drug-likeness (QED) is 0.619. The first-order valence-corrected chi connectivity index (χ1v) is 7.35. The van der Waals surface area contributed by atoms with Crippen molar-refractivity contribution in [1.29, 1.82) is 0 Å². The Hall–Kier alpha value is -2.11. The standard InChI is InChI=1S/C15H21N3O3/c1-3-4-9-17(12-6-7-12)15(19)13-10-11(16-2)5-8-14(13)18(20)21/h5,8,10,12,16H,3-4,6-7,9H2,1-2H3. The smallest absolute Gasteiger partial charge is 0.282 e. The number of benzene rings is 1. The minimum Gasteiger partial charge on any atom is -0.388 e. The zero-order valence-corrected chi connectivity index (χ0v) is 12.5. The molecule has 6 heteroatoms. The van der Waals surface area contributed by atoms with Crippen LogP contribution in [0.25, 0.3) is 0 Å². The lowest BCUT2D eigenvalue weighted by molar-refractivity contribution is -0.385. The van der Waals surface area contributed by atoms with Gasteiger partial charge in [-0.1, -0.05) is 13.3 Å². The second-order valence-electron chi connectivity index (χ2n) is 5.32. The summed E-state index contributed by atoms with van der Waals surface area (Å²) in [7, 11) is 1.73. The van der Waals surface area contributed by atoms with Crippen LogP contribution in [0.1, 0.15) is 43.0 Å². The summed E-state index contributed by atoms with van der Waals surface area (Å²) in [4.78, 5) is 25.2. The van der Waals surface area contributed by atoms with Gasteiger partial charge < -0.3 is 10.2 Å². The van der Waals surface area contributed by atoms with Gasteiger partial charge in [-0.3, -0.25) is 14.9 Å². The number of amides is 1. The summed E-state index contributed by atoms with van der Waals surface area (Å²) < 4.78 is 0. The SMILES string of the molecule is CCCCN(C(=O)c1cc(NC)ccc1[N+](=O)[O-])C1CC1. The van der Waals surface area contributed by atoms with Crippen LogP contribution in [0.5, 0.6) is 0 Å². The maximum Gasteiger partial charge on any atom is 0.282 e. The van der Waals surface area contributed by atoms with Crippen molar-refractivity contribution in [3.05, 3.63) is 33.9 Å². The third-order valence-electron chi connectivity index (χ3n) is 3.71. The van der Waals surface area contributed by atoms with Crippen molar-refractivity contribution in [1.82, 2.24) is 4.90 Å². The number of rotatable bonds is 7. The van der Waals surface area contributed by atoms with Crippen molar-refractivity contribution in [2.24, 2.45) is 0 Å². The van der Waals surface area contributed by atoms with Crippen LogP contribution in [-0.4, -0.2) is 35.4 Å². The van der Waals surface area contributed by atoms with Gasteiger partial charge in [0.05, 0.1) is 4.92 Å². The monoisotopic (exact) mass is 291 g/mol. The summed E-state index contributed by atoms with van der Waals surface area (Å²) in [5, 5.41) is 14.1. The Labute approximate surface area is 124 Å². The predicted molar refractivity (Wildman–Crippen MR) is 81.6 cm³/mol. The number of nitro benzene ring substituents is 1. The minimum absolute atomic E-state index is 0.124. The van der Waals surface area contributed by atoms with Crippen LogP contribution >= 0.6 is 0 Å². The van der Waals surface area contributed by atoms with Gasteiger partial charge in [0, 0.05) is 31.4 Å². The Balaban J connectivity index is 2.32. The summed E-state index contributed by atoms with van der Waals surface area (Å²) in [6.07, 6.45) is 3.90. The van der Waals surface area contributed by atoms with E-state index in [2.05, 4.69) is 12.2 Å². The molecular weight excluding hydrogens is 270 g/mol. The number of hydrogen-bond donors (Lipinski definition) is 1. The van der Waals surface area contributed by atoms with Gasteiger partial charge in [0.25, 0.3) is 11.6 Å². The molecule has 1 amide bonds. The first-order chi connectivity index (χ1) is 10.1. The lowest BCUT2D eigenvalue weighted by atomic mass is 10.1. The lowest BCUT2D eigenvalue weighted by Gasteiger charge is -2.22. The van der Waals surface area contributed by atoms with Gasteiger partial charge in [-0.15, -0.1) is 0 Å². The molecule has 0 radical (unpaired) electrons. The Morgan fingerprint density at radius 1 is 1.48 bits per heavy atom. The maximum atomic E-state index is 12.7. The van der Waals surface area contributed by atoms with Gasteiger partial charge in [0.15, 0.2) is 0 Å². The second-order valence-corrected chi connectivity index (χ2v) is 5.32. The van der Waals surface area contributed by atoms with Gasteiger partial charge in [-0.05, 0) is 31.4 Å². The zero-order valence-electron chi connectivity index (χ0n) is 12.5. The highest BCUT2D eigenvalue weighted by molar-refractivity contribution is 5.99. The van der Waals surface area contributed by atoms with Crippen LogP contribution in [0.15, 0.2) is 18.2 Å². The van der Waals surface area contributed by atoms with E-state index < -0.39 is 4.92 Å². The number of hydrogen-bond acceptors (Lipinski definition) is 4. The van der Waals surface area contributed by atoms with Crippen molar-refractivity contribution in [2.75, 3.05) is 18.9 Å². The van der Waals surface area contributed by atoms with E-state index in [1.807, 2.05) is 0 Å². The summed E-state index contributed by atoms with van der Waals surface area (Å²) >= 11 is 0. The van der Waals surface area contributed by atoms with Crippen LogP contribution in [0.3, 0.4) is 0 Å². The molecule has 0 aromatic heterocycles. The Morgan fingerprint density at radius 2 is 2.19 bits per heavy atom. The topological polar surface area (TPSA) is 75.5 Å². The largest absolute Gasteiger partial charge is 0.388 e. The van der Waals surface area contributed by atoms with E-state index in [1.165, 1.54) is 6.07 Å². The van der Waals surface area contributed by atoms with Crippen LogP contribution in [0.4, 0.5) is 11.4 Å². The first-order valence-electron chi connectivity index (χ1n) is 7.35. The van der Waals surface area contributed by atoms with E-state index in [-0.39, 0.29) is 23.2 Å². The van der Waals surface area contributed by atoms with Gasteiger partial charge >= 0.3 is 0 Å². The van der Waals surface area contributed by atoms with Crippen molar-refractivity contribution < 1.29 is 9.72 Å². The van der Waals surface area contributed by atoms with E-state index in [4.69, 9.17) is 0 Å². The number of nitrogens with one attached hydrogen (secondary N) is 1. The molecule has 6 nitrogen and oxygen atoms in total. The van der Waals surface area contributed by atoms with Crippen molar-refractivity contribution in [3.63, 3.8) is 0 Å². The highest BCUT2D eigenvalue weighted by Crippen LogP contribution is 2.31. The van der Waals surface area contributed by atoms with Crippen LogP contribution in [-0.2, 0) is 0 Å².